The molecule has 1 aliphatic rings. The number of aromatic amines is 1. The summed E-state index contributed by atoms with van der Waals surface area (Å²) in [6, 6.07) is 0. The number of hydrogen-bond acceptors (Lipinski definition) is 5. The predicted octanol–water partition coefficient (Wildman–Crippen LogP) is -1.02. The molecule has 1 aromatic heterocycles. The summed E-state index contributed by atoms with van der Waals surface area (Å²) in [6.45, 7) is 1.80. The molecule has 114 valence electrons. The van der Waals surface area contributed by atoms with Crippen molar-refractivity contribution in [3.63, 3.8) is 0 Å². The van der Waals surface area contributed by atoms with Gasteiger partial charge in [-0.3, -0.25) is 14.9 Å². The summed E-state index contributed by atoms with van der Waals surface area (Å²) >= 11 is 0. The van der Waals surface area contributed by atoms with E-state index in [9.17, 15) is 22.8 Å². The number of carbonyl (C=O) groups is 3. The largest absolute Gasteiger partial charge is 0.477 e. The number of nitrogens with one attached hydrogen (secondary N) is 2. The second kappa shape index (κ2) is 4.97. The first-order valence-electron chi connectivity index (χ1n) is 5.90. The summed E-state index contributed by atoms with van der Waals surface area (Å²) in [5.74, 6) is -2.73. The van der Waals surface area contributed by atoms with Crippen LogP contribution in [0.3, 0.4) is 0 Å². The van der Waals surface area contributed by atoms with Crippen LogP contribution in [0.25, 0.3) is 0 Å². The van der Waals surface area contributed by atoms with Crippen molar-refractivity contribution in [2.45, 2.75) is 18.7 Å². The van der Waals surface area contributed by atoms with Gasteiger partial charge in [0.15, 0.2) is 0 Å². The van der Waals surface area contributed by atoms with Crippen LogP contribution in [0, 0.1) is 13.8 Å². The first-order valence-corrected chi connectivity index (χ1v) is 7.34. The van der Waals surface area contributed by atoms with Crippen LogP contribution in [-0.4, -0.2) is 53.7 Å². The molecule has 2 amide bonds. The number of imide groups is 1. The lowest BCUT2D eigenvalue weighted by atomic mass is 10.2. The van der Waals surface area contributed by atoms with Crippen LogP contribution in [0.1, 0.15) is 21.7 Å². The molecule has 1 aromatic rings. The number of nitrogens with zero attached hydrogens (tertiary/aromatic N) is 1. The Labute approximate surface area is 120 Å². The normalized spacial score (nSPS) is 16.9. The van der Waals surface area contributed by atoms with Gasteiger partial charge in [-0.2, -0.15) is 4.31 Å². The number of carboxylic acids is 1. The number of aromatic carboxylic acids is 1. The van der Waals surface area contributed by atoms with E-state index in [1.165, 1.54) is 13.8 Å². The number of piperazine rings is 1. The van der Waals surface area contributed by atoms with E-state index in [4.69, 9.17) is 5.11 Å². The molecule has 9 nitrogen and oxygen atoms in total. The highest BCUT2D eigenvalue weighted by Crippen LogP contribution is 2.26. The zero-order valence-corrected chi connectivity index (χ0v) is 12.1. The van der Waals surface area contributed by atoms with E-state index >= 15 is 0 Å². The van der Waals surface area contributed by atoms with Gasteiger partial charge in [0.1, 0.15) is 10.6 Å². The Morgan fingerprint density at radius 2 is 1.71 bits per heavy atom. The zero-order chi connectivity index (χ0) is 15.9. The van der Waals surface area contributed by atoms with Gasteiger partial charge in [0.2, 0.25) is 21.8 Å². The molecule has 0 saturated carbocycles. The number of hydrogen-bond donors (Lipinski definition) is 3. The first-order chi connectivity index (χ1) is 9.64. The summed E-state index contributed by atoms with van der Waals surface area (Å²) < 4.78 is 25.8. The second-order valence-corrected chi connectivity index (χ2v) is 6.50. The number of carboxylic acid groups (broad SMARTS) is 1. The number of H-pyrrole nitrogens is 1. The Bertz CT molecular complexity index is 732. The maximum absolute atomic E-state index is 12.5. The Morgan fingerprint density at radius 3 is 2.14 bits per heavy atom. The van der Waals surface area contributed by atoms with Gasteiger partial charge in [-0.1, -0.05) is 0 Å². The molecule has 0 aliphatic carbocycles. The van der Waals surface area contributed by atoms with Gasteiger partial charge in [0.25, 0.3) is 0 Å². The van der Waals surface area contributed by atoms with Crippen molar-refractivity contribution in [1.82, 2.24) is 14.6 Å². The fraction of sp³-hybridized carbons (Fsp3) is 0.364. The van der Waals surface area contributed by atoms with E-state index in [-0.39, 0.29) is 21.8 Å². The van der Waals surface area contributed by atoms with E-state index in [1.54, 1.807) is 0 Å². The van der Waals surface area contributed by atoms with E-state index in [1.807, 2.05) is 5.32 Å². The smallest absolute Gasteiger partial charge is 0.352 e. The number of aromatic nitrogens is 1. The lowest BCUT2D eigenvalue weighted by Crippen LogP contribution is -2.53. The van der Waals surface area contributed by atoms with Gasteiger partial charge in [0.05, 0.1) is 13.1 Å². The highest BCUT2D eigenvalue weighted by molar-refractivity contribution is 7.89. The molecule has 10 heteroatoms. The quantitative estimate of drug-likeness (QED) is 0.610. The van der Waals surface area contributed by atoms with Crippen molar-refractivity contribution in [2.24, 2.45) is 0 Å². The van der Waals surface area contributed by atoms with Gasteiger partial charge >= 0.3 is 5.97 Å². The van der Waals surface area contributed by atoms with Gasteiger partial charge in [-0.05, 0) is 13.8 Å². The molecular weight excluding hydrogens is 302 g/mol. The predicted molar refractivity (Wildman–Crippen MR) is 69.1 cm³/mol. The summed E-state index contributed by atoms with van der Waals surface area (Å²) in [4.78, 5) is 35.9. The average Bonchev–Trinajstić information content (AvgIpc) is 2.64. The molecule has 0 atom stereocenters. The minimum absolute atomic E-state index is 0.0402. The molecule has 2 rings (SSSR count). The Kier molecular flexibility index (Phi) is 3.59. The van der Waals surface area contributed by atoms with Crippen LogP contribution in [0.15, 0.2) is 4.90 Å². The van der Waals surface area contributed by atoms with Crippen LogP contribution in [0.5, 0.6) is 0 Å². The molecule has 1 saturated heterocycles. The van der Waals surface area contributed by atoms with Crippen LogP contribution in [-0.2, 0) is 19.6 Å². The Balaban J connectivity index is 2.52. The lowest BCUT2D eigenvalue weighted by Gasteiger charge is -2.25. The third-order valence-electron chi connectivity index (χ3n) is 3.10. The number of rotatable bonds is 3. The molecular formula is C11H13N3O6S. The zero-order valence-electron chi connectivity index (χ0n) is 11.3. The molecule has 1 fully saturated rings. The molecule has 0 bridgehead atoms. The van der Waals surface area contributed by atoms with Gasteiger partial charge in [-0.15, -0.1) is 0 Å². The maximum Gasteiger partial charge on any atom is 0.352 e. The summed E-state index contributed by atoms with van der Waals surface area (Å²) in [6.07, 6.45) is 0. The number of aryl methyl sites for hydroxylation is 1. The highest BCUT2D eigenvalue weighted by atomic mass is 32.2. The van der Waals surface area contributed by atoms with Crippen molar-refractivity contribution in [3.8, 4) is 0 Å². The fourth-order valence-corrected chi connectivity index (χ4v) is 4.00. The summed E-state index contributed by atoms with van der Waals surface area (Å²) in [5, 5.41) is 11.0. The molecule has 1 aliphatic heterocycles. The summed E-state index contributed by atoms with van der Waals surface area (Å²) in [5.41, 5.74) is -0.0550. The Morgan fingerprint density at radius 1 is 1.19 bits per heavy atom. The van der Waals surface area contributed by atoms with Crippen molar-refractivity contribution in [3.05, 3.63) is 17.0 Å². The number of sulfonamides is 1. The minimum Gasteiger partial charge on any atom is -0.477 e. The van der Waals surface area contributed by atoms with Crippen molar-refractivity contribution >= 4 is 27.8 Å². The topological polar surface area (TPSA) is 137 Å². The molecule has 0 aromatic carbocycles. The lowest BCUT2D eigenvalue weighted by molar-refractivity contribution is -0.134. The van der Waals surface area contributed by atoms with Gasteiger partial charge in [-0.25, -0.2) is 13.2 Å². The van der Waals surface area contributed by atoms with Crippen LogP contribution >= 0.6 is 0 Å². The van der Waals surface area contributed by atoms with Crippen LogP contribution in [0.4, 0.5) is 0 Å². The van der Waals surface area contributed by atoms with Crippen molar-refractivity contribution < 1.29 is 27.9 Å². The second-order valence-electron chi connectivity index (χ2n) is 4.63. The van der Waals surface area contributed by atoms with Crippen molar-refractivity contribution in [2.75, 3.05) is 13.1 Å². The van der Waals surface area contributed by atoms with E-state index in [0.717, 1.165) is 4.31 Å². The number of amides is 2. The molecule has 3 N–H and O–H groups in total. The Hall–Kier alpha value is -2.20. The average molecular weight is 315 g/mol. The van der Waals surface area contributed by atoms with E-state index in [0.29, 0.717) is 0 Å². The molecule has 2 heterocycles. The van der Waals surface area contributed by atoms with E-state index < -0.39 is 40.9 Å². The number of carbonyl (C=O) groups excluding carboxylic acids is 2. The maximum atomic E-state index is 12.5. The van der Waals surface area contributed by atoms with Crippen molar-refractivity contribution in [1.29, 1.82) is 0 Å². The SMILES string of the molecule is Cc1[nH]c(C(=O)O)c(C)c1S(=O)(=O)N1CC(=O)NC(=O)C1. The molecule has 0 spiro atoms. The molecule has 0 radical (unpaired) electrons. The van der Waals surface area contributed by atoms with Gasteiger partial charge in [0, 0.05) is 11.3 Å². The fourth-order valence-electron chi connectivity index (χ4n) is 2.24. The third-order valence-corrected chi connectivity index (χ3v) is 5.17. The molecule has 0 unspecified atom stereocenters. The van der Waals surface area contributed by atoms with E-state index in [2.05, 4.69) is 4.98 Å². The monoisotopic (exact) mass is 315 g/mol. The van der Waals surface area contributed by atoms with Gasteiger partial charge < -0.3 is 10.1 Å². The summed E-state index contributed by atoms with van der Waals surface area (Å²) in [7, 11) is -4.14. The standard InChI is InChI=1S/C11H13N3O6S/c1-5-9(11(17)18)12-6(2)10(5)21(19,20)14-3-7(15)13-8(16)4-14/h12H,3-4H2,1-2H3,(H,17,18)(H,13,15,16). The first kappa shape index (κ1) is 15.2. The minimum atomic E-state index is -4.14. The third kappa shape index (κ3) is 2.54. The van der Waals surface area contributed by atoms with Crippen LogP contribution < -0.4 is 5.32 Å². The highest BCUT2D eigenvalue weighted by Gasteiger charge is 2.36. The molecule has 21 heavy (non-hydrogen) atoms. The van der Waals surface area contributed by atoms with Crippen LogP contribution in [0.2, 0.25) is 0 Å².